The van der Waals surface area contributed by atoms with Gasteiger partial charge in [-0.1, -0.05) is 13.3 Å². The number of aliphatic hydroxyl groups excluding tert-OH is 1. The average molecular weight is 214 g/mol. The van der Waals surface area contributed by atoms with Crippen molar-refractivity contribution in [3.8, 4) is 0 Å². The molecule has 0 aliphatic carbocycles. The highest BCUT2D eigenvalue weighted by Crippen LogP contribution is 2.34. The first-order valence-electron chi connectivity index (χ1n) is 6.32. The van der Waals surface area contributed by atoms with Crippen molar-refractivity contribution in [1.82, 2.24) is 0 Å². The van der Waals surface area contributed by atoms with Crippen LogP contribution < -0.4 is 0 Å². The van der Waals surface area contributed by atoms with E-state index < -0.39 is 0 Å². The first kappa shape index (κ1) is 13.0. The Balaban J connectivity index is 2.27. The molecule has 0 amide bonds. The van der Waals surface area contributed by atoms with E-state index in [9.17, 15) is 0 Å². The second-order valence-electron chi connectivity index (χ2n) is 5.52. The number of ether oxygens (including phenoxy) is 1. The van der Waals surface area contributed by atoms with Gasteiger partial charge in [0.2, 0.25) is 0 Å². The van der Waals surface area contributed by atoms with Crippen molar-refractivity contribution in [2.24, 2.45) is 11.8 Å². The van der Waals surface area contributed by atoms with Gasteiger partial charge in [-0.25, -0.2) is 0 Å². The second kappa shape index (κ2) is 5.86. The predicted octanol–water partition coefficient (Wildman–Crippen LogP) is 2.99. The number of hydrogen-bond acceptors (Lipinski definition) is 2. The molecule has 0 saturated carbocycles. The molecule has 0 unspecified atom stereocenters. The second-order valence-corrected chi connectivity index (χ2v) is 5.52. The Hall–Kier alpha value is -0.0800. The maximum absolute atomic E-state index is 8.83. The van der Waals surface area contributed by atoms with E-state index in [0.29, 0.717) is 6.61 Å². The summed E-state index contributed by atoms with van der Waals surface area (Å²) in [7, 11) is 0. The van der Waals surface area contributed by atoms with E-state index in [1.54, 1.807) is 0 Å². The highest BCUT2D eigenvalue weighted by Gasteiger charge is 2.32. The van der Waals surface area contributed by atoms with Gasteiger partial charge < -0.3 is 9.84 Å². The van der Waals surface area contributed by atoms with Crippen molar-refractivity contribution in [3.63, 3.8) is 0 Å². The Morgan fingerprint density at radius 1 is 1.47 bits per heavy atom. The molecule has 1 N–H and O–H groups in total. The number of hydrogen-bond donors (Lipinski definition) is 1. The van der Waals surface area contributed by atoms with Gasteiger partial charge in [-0.15, -0.1) is 0 Å². The van der Waals surface area contributed by atoms with Crippen molar-refractivity contribution in [2.45, 2.75) is 58.5 Å². The van der Waals surface area contributed by atoms with Crippen molar-refractivity contribution >= 4 is 0 Å². The molecule has 2 nitrogen and oxygen atoms in total. The van der Waals surface area contributed by atoms with Crippen molar-refractivity contribution in [3.05, 3.63) is 0 Å². The van der Waals surface area contributed by atoms with Gasteiger partial charge in [0.15, 0.2) is 0 Å². The van der Waals surface area contributed by atoms with Gasteiger partial charge in [0, 0.05) is 6.61 Å². The molecule has 1 aliphatic rings. The minimum atomic E-state index is 0.0972. The molecule has 0 bridgehead atoms. The van der Waals surface area contributed by atoms with Crippen molar-refractivity contribution in [2.75, 3.05) is 13.2 Å². The third kappa shape index (κ3) is 4.52. The zero-order valence-corrected chi connectivity index (χ0v) is 10.5. The van der Waals surface area contributed by atoms with Crippen LogP contribution in [0.3, 0.4) is 0 Å². The summed E-state index contributed by atoms with van der Waals surface area (Å²) in [5.74, 6) is 1.52. The quantitative estimate of drug-likeness (QED) is 0.736. The zero-order chi connectivity index (χ0) is 11.3. The van der Waals surface area contributed by atoms with Crippen molar-refractivity contribution < 1.29 is 9.84 Å². The molecule has 0 spiro atoms. The molecule has 15 heavy (non-hydrogen) atoms. The van der Waals surface area contributed by atoms with E-state index in [2.05, 4.69) is 20.8 Å². The SMILES string of the molecule is CC[C@H](CCCO)C[C@H]1COC(C)(C)C1. The molecule has 2 atom stereocenters. The van der Waals surface area contributed by atoms with Gasteiger partial charge in [-0.05, 0) is 51.4 Å². The molecule has 1 aliphatic heterocycles. The fraction of sp³-hybridized carbons (Fsp3) is 1.00. The molecule has 2 heteroatoms. The van der Waals surface area contributed by atoms with Gasteiger partial charge in [-0.2, -0.15) is 0 Å². The molecule has 1 rings (SSSR count). The lowest BCUT2D eigenvalue weighted by Crippen LogP contribution is -2.17. The fourth-order valence-corrected chi connectivity index (χ4v) is 2.65. The summed E-state index contributed by atoms with van der Waals surface area (Å²) in [5.41, 5.74) is 0.0972. The summed E-state index contributed by atoms with van der Waals surface area (Å²) in [5, 5.41) is 8.83. The van der Waals surface area contributed by atoms with Crippen LogP contribution in [0.15, 0.2) is 0 Å². The standard InChI is InChI=1S/C13H26O2/c1-4-11(6-5-7-14)8-12-9-13(2,3)15-10-12/h11-12,14H,4-10H2,1-3H3/t11-,12-/m1/s1. The van der Waals surface area contributed by atoms with Gasteiger partial charge in [-0.3, -0.25) is 0 Å². The monoisotopic (exact) mass is 214 g/mol. The van der Waals surface area contributed by atoms with E-state index in [1.807, 2.05) is 0 Å². The van der Waals surface area contributed by atoms with E-state index in [0.717, 1.165) is 24.9 Å². The third-order valence-electron chi connectivity index (χ3n) is 3.50. The molecule has 1 heterocycles. The predicted molar refractivity (Wildman–Crippen MR) is 62.9 cm³/mol. The van der Waals surface area contributed by atoms with E-state index in [-0.39, 0.29) is 5.60 Å². The topological polar surface area (TPSA) is 29.5 Å². The molecular formula is C13H26O2. The molecule has 0 aromatic rings. The molecule has 1 saturated heterocycles. The first-order chi connectivity index (χ1) is 7.07. The Morgan fingerprint density at radius 3 is 2.67 bits per heavy atom. The largest absolute Gasteiger partial charge is 0.396 e. The smallest absolute Gasteiger partial charge is 0.0630 e. The van der Waals surface area contributed by atoms with Gasteiger partial charge in [0.05, 0.1) is 12.2 Å². The van der Waals surface area contributed by atoms with Gasteiger partial charge in [0.25, 0.3) is 0 Å². The van der Waals surface area contributed by atoms with Crippen molar-refractivity contribution in [1.29, 1.82) is 0 Å². The molecule has 0 aromatic carbocycles. The molecule has 90 valence electrons. The molecule has 0 aromatic heterocycles. The van der Waals surface area contributed by atoms with Crippen LogP contribution in [0.25, 0.3) is 0 Å². The lowest BCUT2D eigenvalue weighted by molar-refractivity contribution is 0.0345. The summed E-state index contributed by atoms with van der Waals surface area (Å²) in [6.07, 6.45) is 5.83. The summed E-state index contributed by atoms with van der Waals surface area (Å²) < 4.78 is 5.75. The minimum Gasteiger partial charge on any atom is -0.396 e. The number of rotatable bonds is 6. The van der Waals surface area contributed by atoms with Gasteiger partial charge >= 0.3 is 0 Å². The zero-order valence-electron chi connectivity index (χ0n) is 10.5. The molecule has 1 fully saturated rings. The molecular weight excluding hydrogens is 188 g/mol. The van der Waals surface area contributed by atoms with Crippen LogP contribution in [-0.4, -0.2) is 23.9 Å². The van der Waals surface area contributed by atoms with Crippen LogP contribution in [0.2, 0.25) is 0 Å². The lowest BCUT2D eigenvalue weighted by atomic mass is 9.86. The summed E-state index contributed by atoms with van der Waals surface area (Å²) in [4.78, 5) is 0. The maximum atomic E-state index is 8.83. The summed E-state index contributed by atoms with van der Waals surface area (Å²) in [6.45, 7) is 7.89. The first-order valence-corrected chi connectivity index (χ1v) is 6.32. The fourth-order valence-electron chi connectivity index (χ4n) is 2.65. The Bertz CT molecular complexity index is 177. The summed E-state index contributed by atoms with van der Waals surface area (Å²) >= 11 is 0. The average Bonchev–Trinajstić information content (AvgIpc) is 2.52. The normalized spacial score (nSPS) is 26.8. The van der Waals surface area contributed by atoms with Crippen LogP contribution in [0.4, 0.5) is 0 Å². The van der Waals surface area contributed by atoms with Crippen LogP contribution in [0.5, 0.6) is 0 Å². The van der Waals surface area contributed by atoms with E-state index in [4.69, 9.17) is 9.84 Å². The van der Waals surface area contributed by atoms with E-state index >= 15 is 0 Å². The van der Waals surface area contributed by atoms with Crippen LogP contribution in [0, 0.1) is 11.8 Å². The van der Waals surface area contributed by atoms with Crippen LogP contribution >= 0.6 is 0 Å². The Kier molecular flexibility index (Phi) is 5.07. The van der Waals surface area contributed by atoms with E-state index in [1.165, 1.54) is 25.7 Å². The Morgan fingerprint density at radius 2 is 2.20 bits per heavy atom. The highest BCUT2D eigenvalue weighted by molar-refractivity contribution is 4.82. The highest BCUT2D eigenvalue weighted by atomic mass is 16.5. The maximum Gasteiger partial charge on any atom is 0.0630 e. The Labute approximate surface area is 94.0 Å². The number of aliphatic hydroxyl groups is 1. The third-order valence-corrected chi connectivity index (χ3v) is 3.50. The summed E-state index contributed by atoms with van der Waals surface area (Å²) in [6, 6.07) is 0. The van der Waals surface area contributed by atoms with Crippen LogP contribution in [0.1, 0.15) is 52.9 Å². The minimum absolute atomic E-state index is 0.0972. The lowest BCUT2D eigenvalue weighted by Gasteiger charge is -2.19. The van der Waals surface area contributed by atoms with Crippen LogP contribution in [-0.2, 0) is 4.74 Å². The molecule has 0 radical (unpaired) electrons. The van der Waals surface area contributed by atoms with Gasteiger partial charge in [0.1, 0.15) is 0 Å².